The molecule has 0 atom stereocenters. The molecule has 0 spiro atoms. The third-order valence-corrected chi connectivity index (χ3v) is 3.80. The first-order chi connectivity index (χ1) is 9.35. The summed E-state index contributed by atoms with van der Waals surface area (Å²) in [7, 11) is -3.26. The van der Waals surface area contributed by atoms with Crippen molar-refractivity contribution in [2.45, 2.75) is 6.54 Å². The van der Waals surface area contributed by atoms with E-state index in [9.17, 15) is 13.2 Å². The number of halogens is 1. The number of nitrogens with one attached hydrogen (secondary N) is 1. The summed E-state index contributed by atoms with van der Waals surface area (Å²) in [6.07, 6.45) is 1.08. The van der Waals surface area contributed by atoms with Crippen LogP contribution in [0, 0.1) is 0 Å². The van der Waals surface area contributed by atoms with Crippen LogP contribution >= 0.6 is 11.6 Å². The summed E-state index contributed by atoms with van der Waals surface area (Å²) in [5, 5.41) is 0.566. The average molecular weight is 319 g/mol. The summed E-state index contributed by atoms with van der Waals surface area (Å²) in [6, 6.07) is 5.17. The number of carbonyl (C=O) groups is 1. The minimum absolute atomic E-state index is 0.0620. The SMILES string of the molecule is CS(=O)(=O)NCCN1Cc2cc(Cl)ccc2OCC1=O. The molecule has 0 aromatic heterocycles. The number of benzene rings is 1. The Bertz CT molecular complexity index is 618. The molecule has 0 bridgehead atoms. The first-order valence-corrected chi connectivity index (χ1v) is 8.26. The first kappa shape index (κ1) is 15.1. The Morgan fingerprint density at radius 2 is 2.20 bits per heavy atom. The van der Waals surface area contributed by atoms with Crippen molar-refractivity contribution in [3.05, 3.63) is 28.8 Å². The van der Waals surface area contributed by atoms with Crippen LogP contribution < -0.4 is 9.46 Å². The molecule has 1 aromatic carbocycles. The van der Waals surface area contributed by atoms with Gasteiger partial charge in [0.25, 0.3) is 5.91 Å². The molecule has 1 aliphatic rings. The van der Waals surface area contributed by atoms with E-state index in [1.165, 1.54) is 0 Å². The molecule has 1 aromatic rings. The molecule has 0 saturated heterocycles. The van der Waals surface area contributed by atoms with Crippen LogP contribution in [0.2, 0.25) is 5.02 Å². The summed E-state index contributed by atoms with van der Waals surface area (Å²) in [5.74, 6) is 0.439. The second-order valence-electron chi connectivity index (χ2n) is 4.52. The smallest absolute Gasteiger partial charge is 0.260 e. The van der Waals surface area contributed by atoms with Crippen molar-refractivity contribution in [3.8, 4) is 5.75 Å². The molecule has 0 radical (unpaired) electrons. The van der Waals surface area contributed by atoms with Crippen molar-refractivity contribution in [3.63, 3.8) is 0 Å². The monoisotopic (exact) mass is 318 g/mol. The lowest BCUT2D eigenvalue weighted by Gasteiger charge is -2.19. The Hall–Kier alpha value is -1.31. The van der Waals surface area contributed by atoms with Crippen LogP contribution in [0.25, 0.3) is 0 Å². The predicted octanol–water partition coefficient (Wildman–Crippen LogP) is 0.610. The fourth-order valence-corrected chi connectivity index (χ4v) is 2.56. The molecular weight excluding hydrogens is 304 g/mol. The van der Waals surface area contributed by atoms with Crippen LogP contribution in [-0.2, 0) is 21.4 Å². The van der Waals surface area contributed by atoms with Gasteiger partial charge in [0, 0.05) is 30.2 Å². The van der Waals surface area contributed by atoms with Crippen LogP contribution in [0.4, 0.5) is 0 Å². The fraction of sp³-hybridized carbons (Fsp3) is 0.417. The van der Waals surface area contributed by atoms with Crippen molar-refractivity contribution >= 4 is 27.5 Å². The Morgan fingerprint density at radius 3 is 2.90 bits per heavy atom. The molecule has 2 rings (SSSR count). The van der Waals surface area contributed by atoms with Gasteiger partial charge >= 0.3 is 0 Å². The third kappa shape index (κ3) is 4.09. The van der Waals surface area contributed by atoms with Gasteiger partial charge < -0.3 is 9.64 Å². The molecule has 1 amide bonds. The molecule has 0 fully saturated rings. The lowest BCUT2D eigenvalue weighted by atomic mass is 10.2. The third-order valence-electron chi connectivity index (χ3n) is 2.83. The van der Waals surface area contributed by atoms with E-state index in [1.807, 2.05) is 0 Å². The Labute approximate surface area is 122 Å². The molecule has 20 heavy (non-hydrogen) atoms. The minimum atomic E-state index is -3.26. The first-order valence-electron chi connectivity index (χ1n) is 5.99. The van der Waals surface area contributed by atoms with Gasteiger partial charge in [0.05, 0.1) is 6.26 Å². The summed E-state index contributed by atoms with van der Waals surface area (Å²) < 4.78 is 29.8. The highest BCUT2D eigenvalue weighted by molar-refractivity contribution is 7.88. The summed E-state index contributed by atoms with van der Waals surface area (Å²) in [4.78, 5) is 13.5. The van der Waals surface area contributed by atoms with Gasteiger partial charge in [-0.1, -0.05) is 11.6 Å². The van der Waals surface area contributed by atoms with E-state index < -0.39 is 10.0 Å². The lowest BCUT2D eigenvalue weighted by Crippen LogP contribution is -2.38. The largest absolute Gasteiger partial charge is 0.483 e. The average Bonchev–Trinajstić information content (AvgIpc) is 2.48. The maximum absolute atomic E-state index is 11.9. The topological polar surface area (TPSA) is 75.7 Å². The quantitative estimate of drug-likeness (QED) is 0.882. The molecular formula is C12H15ClN2O4S. The van der Waals surface area contributed by atoms with E-state index in [2.05, 4.69) is 4.72 Å². The van der Waals surface area contributed by atoms with Gasteiger partial charge in [-0.2, -0.15) is 0 Å². The maximum atomic E-state index is 11.9. The molecule has 0 unspecified atom stereocenters. The van der Waals surface area contributed by atoms with Crippen molar-refractivity contribution in [1.29, 1.82) is 0 Å². The van der Waals surface area contributed by atoms with E-state index in [1.54, 1.807) is 23.1 Å². The highest BCUT2D eigenvalue weighted by atomic mass is 35.5. The van der Waals surface area contributed by atoms with E-state index in [-0.39, 0.29) is 25.6 Å². The van der Waals surface area contributed by atoms with Gasteiger partial charge in [0.15, 0.2) is 6.61 Å². The number of hydrogen-bond donors (Lipinski definition) is 1. The molecule has 0 aliphatic carbocycles. The van der Waals surface area contributed by atoms with Gasteiger partial charge in [0.2, 0.25) is 10.0 Å². The molecule has 8 heteroatoms. The second-order valence-corrected chi connectivity index (χ2v) is 6.79. The second kappa shape index (κ2) is 5.99. The van der Waals surface area contributed by atoms with E-state index in [0.29, 0.717) is 17.3 Å². The Kier molecular flexibility index (Phi) is 4.52. The maximum Gasteiger partial charge on any atom is 0.260 e. The standard InChI is InChI=1S/C12H15ClN2O4S/c1-20(17,18)14-4-5-15-7-9-6-10(13)2-3-11(9)19-8-12(15)16/h2-3,6,14H,4-5,7-8H2,1H3. The number of rotatable bonds is 4. The van der Waals surface area contributed by atoms with Crippen LogP contribution in [0.15, 0.2) is 18.2 Å². The summed E-state index contributed by atoms with van der Waals surface area (Å²) in [6.45, 7) is 0.732. The van der Waals surface area contributed by atoms with Gasteiger partial charge in [-0.15, -0.1) is 0 Å². The van der Waals surface area contributed by atoms with Crippen LogP contribution in [-0.4, -0.2) is 45.2 Å². The van der Waals surface area contributed by atoms with E-state index in [0.717, 1.165) is 11.8 Å². The van der Waals surface area contributed by atoms with Crippen LogP contribution in [0.3, 0.4) is 0 Å². The molecule has 1 heterocycles. The number of nitrogens with zero attached hydrogens (tertiary/aromatic N) is 1. The molecule has 1 aliphatic heterocycles. The van der Waals surface area contributed by atoms with Crippen molar-refractivity contribution in [2.24, 2.45) is 0 Å². The summed E-state index contributed by atoms with van der Waals surface area (Å²) >= 11 is 5.93. The highest BCUT2D eigenvalue weighted by Gasteiger charge is 2.21. The lowest BCUT2D eigenvalue weighted by molar-refractivity contribution is -0.133. The van der Waals surface area contributed by atoms with Gasteiger partial charge in [-0.3, -0.25) is 4.79 Å². The van der Waals surface area contributed by atoms with Crippen LogP contribution in [0.5, 0.6) is 5.75 Å². The van der Waals surface area contributed by atoms with Crippen LogP contribution in [0.1, 0.15) is 5.56 Å². The number of ether oxygens (including phenoxy) is 1. The van der Waals surface area contributed by atoms with Crippen molar-refractivity contribution in [1.82, 2.24) is 9.62 Å². The normalized spacial score (nSPS) is 15.5. The number of fused-ring (bicyclic) bond motifs is 1. The van der Waals surface area contributed by atoms with Gasteiger partial charge in [-0.05, 0) is 18.2 Å². The zero-order valence-corrected chi connectivity index (χ0v) is 12.5. The number of amides is 1. The van der Waals surface area contributed by atoms with Crippen molar-refractivity contribution in [2.75, 3.05) is 26.0 Å². The molecule has 0 saturated carbocycles. The number of sulfonamides is 1. The van der Waals surface area contributed by atoms with Gasteiger partial charge in [-0.25, -0.2) is 13.1 Å². The minimum Gasteiger partial charge on any atom is -0.483 e. The molecule has 1 N–H and O–H groups in total. The Morgan fingerprint density at radius 1 is 1.45 bits per heavy atom. The zero-order chi connectivity index (χ0) is 14.8. The fourth-order valence-electron chi connectivity index (χ4n) is 1.91. The summed E-state index contributed by atoms with van der Waals surface area (Å²) in [5.41, 5.74) is 0.808. The number of hydrogen-bond acceptors (Lipinski definition) is 4. The van der Waals surface area contributed by atoms with E-state index >= 15 is 0 Å². The highest BCUT2D eigenvalue weighted by Crippen LogP contribution is 2.26. The molecule has 110 valence electrons. The van der Waals surface area contributed by atoms with Gasteiger partial charge in [0.1, 0.15) is 5.75 Å². The number of carbonyl (C=O) groups excluding carboxylic acids is 1. The predicted molar refractivity (Wildman–Crippen MR) is 75.2 cm³/mol. The van der Waals surface area contributed by atoms with E-state index in [4.69, 9.17) is 16.3 Å². The molecule has 6 nitrogen and oxygen atoms in total. The zero-order valence-electron chi connectivity index (χ0n) is 10.9. The van der Waals surface area contributed by atoms with Crippen molar-refractivity contribution < 1.29 is 17.9 Å². The Balaban J connectivity index is 2.07.